The number of rotatable bonds is 4. The minimum atomic E-state index is 0.0681. The number of terminal acetylenes is 1. The van der Waals surface area contributed by atoms with Crippen molar-refractivity contribution in [1.82, 2.24) is 5.32 Å². The van der Waals surface area contributed by atoms with Crippen molar-refractivity contribution in [1.29, 1.82) is 0 Å². The topological polar surface area (TPSA) is 29.1 Å². The molecule has 1 saturated carbocycles. The standard InChI is InChI=1S/C11H17NOS/c1-2-8-12-11(13)9-14-10-6-4-3-5-7-10/h1,10H,3-9H2,(H,12,13). The second-order valence-electron chi connectivity index (χ2n) is 3.55. The van der Waals surface area contributed by atoms with E-state index >= 15 is 0 Å². The van der Waals surface area contributed by atoms with Gasteiger partial charge in [0.2, 0.25) is 5.91 Å². The zero-order valence-corrected chi connectivity index (χ0v) is 9.24. The Balaban J connectivity index is 2.07. The fraction of sp³-hybridized carbons (Fsp3) is 0.727. The number of hydrogen-bond donors (Lipinski definition) is 1. The Morgan fingerprint density at radius 1 is 1.43 bits per heavy atom. The summed E-state index contributed by atoms with van der Waals surface area (Å²) in [6.07, 6.45) is 11.6. The van der Waals surface area contributed by atoms with Crippen LogP contribution < -0.4 is 5.32 Å². The van der Waals surface area contributed by atoms with Crippen LogP contribution in [0.3, 0.4) is 0 Å². The molecule has 0 aromatic heterocycles. The maximum absolute atomic E-state index is 11.2. The third kappa shape index (κ3) is 4.57. The second kappa shape index (κ2) is 6.78. The molecular weight excluding hydrogens is 194 g/mol. The van der Waals surface area contributed by atoms with Crippen molar-refractivity contribution in [3.8, 4) is 12.3 Å². The van der Waals surface area contributed by atoms with Crippen LogP contribution in [0.2, 0.25) is 0 Å². The summed E-state index contributed by atoms with van der Waals surface area (Å²) >= 11 is 1.78. The van der Waals surface area contributed by atoms with Crippen molar-refractivity contribution in [3.63, 3.8) is 0 Å². The van der Waals surface area contributed by atoms with Crippen LogP contribution in [-0.4, -0.2) is 23.5 Å². The van der Waals surface area contributed by atoms with Crippen LogP contribution in [0.1, 0.15) is 32.1 Å². The molecule has 1 aliphatic carbocycles. The molecule has 0 atom stereocenters. The smallest absolute Gasteiger partial charge is 0.230 e. The van der Waals surface area contributed by atoms with E-state index in [1.807, 2.05) is 0 Å². The summed E-state index contributed by atoms with van der Waals surface area (Å²) in [5.41, 5.74) is 0. The van der Waals surface area contributed by atoms with Crippen molar-refractivity contribution in [2.24, 2.45) is 0 Å². The third-order valence-corrected chi connectivity index (χ3v) is 3.76. The van der Waals surface area contributed by atoms with E-state index in [0.717, 1.165) is 0 Å². The zero-order chi connectivity index (χ0) is 10.2. The van der Waals surface area contributed by atoms with Gasteiger partial charge in [0.05, 0.1) is 12.3 Å². The van der Waals surface area contributed by atoms with Gasteiger partial charge in [-0.25, -0.2) is 0 Å². The molecule has 0 radical (unpaired) electrons. The normalized spacial score (nSPS) is 17.4. The van der Waals surface area contributed by atoms with Gasteiger partial charge in [-0.3, -0.25) is 4.79 Å². The summed E-state index contributed by atoms with van der Waals surface area (Å²) in [6, 6.07) is 0. The maximum atomic E-state index is 11.2. The van der Waals surface area contributed by atoms with Gasteiger partial charge in [0.15, 0.2) is 0 Å². The fourth-order valence-electron chi connectivity index (χ4n) is 1.63. The first-order valence-electron chi connectivity index (χ1n) is 5.14. The zero-order valence-electron chi connectivity index (χ0n) is 8.42. The van der Waals surface area contributed by atoms with E-state index in [2.05, 4.69) is 11.2 Å². The van der Waals surface area contributed by atoms with Crippen molar-refractivity contribution in [3.05, 3.63) is 0 Å². The number of carbonyl (C=O) groups excluding carboxylic acids is 1. The van der Waals surface area contributed by atoms with Crippen molar-refractivity contribution >= 4 is 17.7 Å². The highest BCUT2D eigenvalue weighted by molar-refractivity contribution is 8.00. The number of carbonyl (C=O) groups is 1. The number of nitrogens with one attached hydrogen (secondary N) is 1. The lowest BCUT2D eigenvalue weighted by Gasteiger charge is -2.20. The molecule has 0 unspecified atom stereocenters. The predicted molar refractivity (Wildman–Crippen MR) is 61.2 cm³/mol. The van der Waals surface area contributed by atoms with E-state index in [0.29, 0.717) is 17.5 Å². The van der Waals surface area contributed by atoms with Crippen LogP contribution in [0.15, 0.2) is 0 Å². The molecular formula is C11H17NOS. The summed E-state index contributed by atoms with van der Waals surface area (Å²) in [6.45, 7) is 0.351. The van der Waals surface area contributed by atoms with Gasteiger partial charge in [0.1, 0.15) is 0 Å². The Bertz CT molecular complexity index is 216. The minimum Gasteiger partial charge on any atom is -0.344 e. The van der Waals surface area contributed by atoms with Crippen LogP contribution >= 0.6 is 11.8 Å². The summed E-state index contributed by atoms with van der Waals surface area (Å²) in [5.74, 6) is 3.03. The highest BCUT2D eigenvalue weighted by Crippen LogP contribution is 2.27. The maximum Gasteiger partial charge on any atom is 0.230 e. The molecule has 1 N–H and O–H groups in total. The largest absolute Gasteiger partial charge is 0.344 e. The molecule has 3 heteroatoms. The van der Waals surface area contributed by atoms with E-state index < -0.39 is 0 Å². The lowest BCUT2D eigenvalue weighted by molar-refractivity contribution is -0.118. The summed E-state index contributed by atoms with van der Waals surface area (Å²) < 4.78 is 0. The number of amides is 1. The Kier molecular flexibility index (Phi) is 5.55. The van der Waals surface area contributed by atoms with Crippen LogP contribution in [0.5, 0.6) is 0 Å². The Morgan fingerprint density at radius 3 is 2.79 bits per heavy atom. The van der Waals surface area contributed by atoms with Gasteiger partial charge in [0, 0.05) is 5.25 Å². The Labute approximate surface area is 90.2 Å². The summed E-state index contributed by atoms with van der Waals surface area (Å²) in [7, 11) is 0. The van der Waals surface area contributed by atoms with Crippen LogP contribution in [-0.2, 0) is 4.79 Å². The molecule has 78 valence electrons. The molecule has 0 heterocycles. The molecule has 14 heavy (non-hydrogen) atoms. The molecule has 1 amide bonds. The van der Waals surface area contributed by atoms with E-state index in [9.17, 15) is 4.79 Å². The SMILES string of the molecule is C#CCNC(=O)CSC1CCCCC1. The first-order chi connectivity index (χ1) is 6.83. The van der Waals surface area contributed by atoms with Crippen LogP contribution in [0, 0.1) is 12.3 Å². The van der Waals surface area contributed by atoms with E-state index in [4.69, 9.17) is 6.42 Å². The van der Waals surface area contributed by atoms with E-state index in [1.165, 1.54) is 32.1 Å². The van der Waals surface area contributed by atoms with E-state index in [1.54, 1.807) is 11.8 Å². The van der Waals surface area contributed by atoms with Gasteiger partial charge in [-0.05, 0) is 12.8 Å². The van der Waals surface area contributed by atoms with Crippen molar-refractivity contribution in [2.45, 2.75) is 37.4 Å². The number of thioether (sulfide) groups is 1. The molecule has 0 saturated heterocycles. The average molecular weight is 211 g/mol. The highest BCUT2D eigenvalue weighted by Gasteiger charge is 2.14. The molecule has 1 aliphatic rings. The lowest BCUT2D eigenvalue weighted by Crippen LogP contribution is -2.26. The highest BCUT2D eigenvalue weighted by atomic mass is 32.2. The summed E-state index contributed by atoms with van der Waals surface area (Å²) in [5, 5.41) is 3.37. The third-order valence-electron chi connectivity index (χ3n) is 2.39. The molecule has 2 nitrogen and oxygen atoms in total. The fourth-order valence-corrected chi connectivity index (χ4v) is 2.78. The molecule has 0 bridgehead atoms. The quantitative estimate of drug-likeness (QED) is 0.718. The molecule has 0 aromatic rings. The van der Waals surface area contributed by atoms with Gasteiger partial charge < -0.3 is 5.32 Å². The van der Waals surface area contributed by atoms with Crippen molar-refractivity contribution < 1.29 is 4.79 Å². The Morgan fingerprint density at radius 2 is 2.14 bits per heavy atom. The predicted octanol–water partition coefficient (Wildman–Crippen LogP) is 1.80. The molecule has 1 rings (SSSR count). The molecule has 0 aromatic carbocycles. The Hall–Kier alpha value is -0.620. The monoisotopic (exact) mass is 211 g/mol. The first-order valence-corrected chi connectivity index (χ1v) is 6.19. The van der Waals surface area contributed by atoms with Gasteiger partial charge >= 0.3 is 0 Å². The minimum absolute atomic E-state index is 0.0681. The molecule has 1 fully saturated rings. The van der Waals surface area contributed by atoms with Gasteiger partial charge in [-0.15, -0.1) is 18.2 Å². The van der Waals surface area contributed by atoms with Gasteiger partial charge in [0.25, 0.3) is 0 Å². The number of hydrogen-bond acceptors (Lipinski definition) is 2. The second-order valence-corrected chi connectivity index (χ2v) is 4.84. The molecule has 0 aliphatic heterocycles. The average Bonchev–Trinajstić information content (AvgIpc) is 2.25. The summed E-state index contributed by atoms with van der Waals surface area (Å²) in [4.78, 5) is 11.2. The molecule has 0 spiro atoms. The first kappa shape index (κ1) is 11.5. The van der Waals surface area contributed by atoms with Gasteiger partial charge in [-0.1, -0.05) is 25.2 Å². The van der Waals surface area contributed by atoms with Crippen LogP contribution in [0.25, 0.3) is 0 Å². The lowest BCUT2D eigenvalue weighted by atomic mass is 10.0. The van der Waals surface area contributed by atoms with Crippen LogP contribution in [0.4, 0.5) is 0 Å². The van der Waals surface area contributed by atoms with E-state index in [-0.39, 0.29) is 5.91 Å². The van der Waals surface area contributed by atoms with Gasteiger partial charge in [-0.2, -0.15) is 0 Å². The van der Waals surface area contributed by atoms with Crippen molar-refractivity contribution in [2.75, 3.05) is 12.3 Å².